The lowest BCUT2D eigenvalue weighted by Crippen LogP contribution is -2.28. The minimum atomic E-state index is -0.270. The van der Waals surface area contributed by atoms with Gasteiger partial charge in [-0.2, -0.15) is 0 Å². The van der Waals surface area contributed by atoms with Crippen molar-refractivity contribution in [2.45, 2.75) is 19.9 Å². The minimum absolute atomic E-state index is 0.0242. The van der Waals surface area contributed by atoms with E-state index in [1.807, 2.05) is 19.9 Å². The maximum Gasteiger partial charge on any atom is 0.287 e. The fourth-order valence-electron chi connectivity index (χ4n) is 2.32. The van der Waals surface area contributed by atoms with Gasteiger partial charge in [0.15, 0.2) is 12.4 Å². The molecule has 0 saturated carbocycles. The number of hydrogen-bond donors (Lipinski definition) is 2. The lowest BCUT2D eigenvalue weighted by molar-refractivity contribution is -0.118. The van der Waals surface area contributed by atoms with Crippen LogP contribution in [0.4, 0.5) is 5.69 Å². The molecule has 6 heteroatoms. The molecule has 114 valence electrons. The van der Waals surface area contributed by atoms with Crippen LogP contribution in [-0.4, -0.2) is 18.4 Å². The van der Waals surface area contributed by atoms with Crippen molar-refractivity contribution in [2.24, 2.45) is 0 Å². The zero-order valence-electron chi connectivity index (χ0n) is 12.3. The van der Waals surface area contributed by atoms with E-state index >= 15 is 0 Å². The van der Waals surface area contributed by atoms with Crippen molar-refractivity contribution in [3.8, 4) is 5.75 Å². The highest BCUT2D eigenvalue weighted by molar-refractivity contribution is 5.95. The van der Waals surface area contributed by atoms with Gasteiger partial charge >= 0.3 is 0 Å². The van der Waals surface area contributed by atoms with Crippen LogP contribution in [0.5, 0.6) is 5.75 Å². The first-order chi connectivity index (χ1) is 10.5. The third kappa shape index (κ3) is 2.67. The molecule has 0 radical (unpaired) electrons. The Labute approximate surface area is 127 Å². The van der Waals surface area contributed by atoms with E-state index in [9.17, 15) is 9.59 Å². The molecular formula is C16H16N2O4. The molecule has 1 aliphatic rings. The fraction of sp³-hybridized carbons (Fsp3) is 0.250. The van der Waals surface area contributed by atoms with Crippen molar-refractivity contribution in [2.75, 3.05) is 11.9 Å². The van der Waals surface area contributed by atoms with Gasteiger partial charge in [-0.05, 0) is 37.6 Å². The molecular weight excluding hydrogens is 284 g/mol. The summed E-state index contributed by atoms with van der Waals surface area (Å²) in [6.07, 6.45) is 1.49. The molecule has 1 aromatic heterocycles. The monoisotopic (exact) mass is 300 g/mol. The van der Waals surface area contributed by atoms with Gasteiger partial charge in [-0.15, -0.1) is 0 Å². The Morgan fingerprint density at radius 1 is 1.36 bits per heavy atom. The molecule has 2 heterocycles. The average molecular weight is 300 g/mol. The lowest BCUT2D eigenvalue weighted by atomic mass is 10.1. The predicted octanol–water partition coefficient (Wildman–Crippen LogP) is 2.41. The normalized spacial score (nSPS) is 14.5. The van der Waals surface area contributed by atoms with Crippen LogP contribution >= 0.6 is 0 Å². The quantitative estimate of drug-likeness (QED) is 0.912. The first-order valence-electron chi connectivity index (χ1n) is 6.96. The minimum Gasteiger partial charge on any atom is -0.482 e. The highest BCUT2D eigenvalue weighted by Gasteiger charge is 2.19. The molecule has 0 bridgehead atoms. The smallest absolute Gasteiger partial charge is 0.287 e. The molecule has 0 unspecified atom stereocenters. The standard InChI is InChI=1S/C16H16N2O4/c1-9-5-6-21-15(9)16(20)17-10(2)11-3-4-13-12(7-11)18-14(19)8-22-13/h3-7,10H,8H2,1-2H3,(H,17,20)(H,18,19)/t10-/m0/s1. The van der Waals surface area contributed by atoms with Crippen LogP contribution in [0.25, 0.3) is 0 Å². The maximum atomic E-state index is 12.2. The van der Waals surface area contributed by atoms with E-state index in [1.54, 1.807) is 18.2 Å². The number of anilines is 1. The van der Waals surface area contributed by atoms with E-state index in [-0.39, 0.29) is 24.5 Å². The molecule has 1 aromatic carbocycles. The highest BCUT2D eigenvalue weighted by atomic mass is 16.5. The molecule has 3 rings (SSSR count). The zero-order chi connectivity index (χ0) is 15.7. The summed E-state index contributed by atoms with van der Waals surface area (Å²) in [5, 5.41) is 5.62. The van der Waals surface area contributed by atoms with E-state index < -0.39 is 0 Å². The van der Waals surface area contributed by atoms with Gasteiger partial charge in [0.2, 0.25) is 0 Å². The summed E-state index contributed by atoms with van der Waals surface area (Å²) < 4.78 is 10.5. The van der Waals surface area contributed by atoms with Crippen molar-refractivity contribution >= 4 is 17.5 Å². The number of furan rings is 1. The van der Waals surface area contributed by atoms with Crippen molar-refractivity contribution in [3.63, 3.8) is 0 Å². The van der Waals surface area contributed by atoms with Gasteiger partial charge in [-0.3, -0.25) is 9.59 Å². The topological polar surface area (TPSA) is 80.6 Å². The second-order valence-corrected chi connectivity index (χ2v) is 5.22. The molecule has 0 aliphatic carbocycles. The van der Waals surface area contributed by atoms with Crippen LogP contribution < -0.4 is 15.4 Å². The predicted molar refractivity (Wildman–Crippen MR) is 79.9 cm³/mol. The summed E-state index contributed by atoms with van der Waals surface area (Å²) in [5.74, 6) is 0.478. The first-order valence-corrected chi connectivity index (χ1v) is 6.96. The summed E-state index contributed by atoms with van der Waals surface area (Å²) >= 11 is 0. The maximum absolute atomic E-state index is 12.2. The summed E-state index contributed by atoms with van der Waals surface area (Å²) in [5.41, 5.74) is 2.27. The SMILES string of the molecule is Cc1ccoc1C(=O)N[C@@H](C)c1ccc2c(c1)NC(=O)CO2. The Bertz CT molecular complexity index is 735. The van der Waals surface area contributed by atoms with Gasteiger partial charge in [0, 0.05) is 5.56 Å². The van der Waals surface area contributed by atoms with Crippen LogP contribution in [0.15, 0.2) is 34.9 Å². The molecule has 6 nitrogen and oxygen atoms in total. The van der Waals surface area contributed by atoms with Crippen LogP contribution in [0.3, 0.4) is 0 Å². The second-order valence-electron chi connectivity index (χ2n) is 5.22. The first kappa shape index (κ1) is 14.2. The number of ether oxygens (including phenoxy) is 1. The largest absolute Gasteiger partial charge is 0.482 e. The van der Waals surface area contributed by atoms with Crippen molar-refractivity contribution < 1.29 is 18.7 Å². The van der Waals surface area contributed by atoms with Gasteiger partial charge in [0.1, 0.15) is 5.75 Å². The number of rotatable bonds is 3. The summed E-state index contributed by atoms with van der Waals surface area (Å²) in [4.78, 5) is 23.5. The number of carbonyl (C=O) groups is 2. The molecule has 2 N–H and O–H groups in total. The Hall–Kier alpha value is -2.76. The molecule has 0 spiro atoms. The van der Waals surface area contributed by atoms with Crippen LogP contribution in [0, 0.1) is 6.92 Å². The van der Waals surface area contributed by atoms with Gasteiger partial charge < -0.3 is 19.8 Å². The fourth-order valence-corrected chi connectivity index (χ4v) is 2.32. The number of hydrogen-bond acceptors (Lipinski definition) is 4. The number of nitrogens with one attached hydrogen (secondary N) is 2. The van der Waals surface area contributed by atoms with E-state index in [0.717, 1.165) is 11.1 Å². The summed E-state index contributed by atoms with van der Waals surface area (Å²) in [7, 11) is 0. The second kappa shape index (κ2) is 5.55. The van der Waals surface area contributed by atoms with Gasteiger partial charge in [0.05, 0.1) is 18.0 Å². The molecule has 0 saturated heterocycles. The summed E-state index contributed by atoms with van der Waals surface area (Å²) in [6, 6.07) is 6.94. The molecule has 2 amide bonds. The number of amides is 2. The molecule has 1 aliphatic heterocycles. The van der Waals surface area contributed by atoms with E-state index in [4.69, 9.17) is 9.15 Å². The number of benzene rings is 1. The Morgan fingerprint density at radius 2 is 2.18 bits per heavy atom. The average Bonchev–Trinajstić information content (AvgIpc) is 2.92. The Morgan fingerprint density at radius 3 is 2.91 bits per heavy atom. The van der Waals surface area contributed by atoms with Crippen LogP contribution in [-0.2, 0) is 4.79 Å². The van der Waals surface area contributed by atoms with Crippen molar-refractivity contribution in [3.05, 3.63) is 47.4 Å². The van der Waals surface area contributed by atoms with E-state index in [2.05, 4.69) is 10.6 Å². The molecule has 0 fully saturated rings. The zero-order valence-corrected chi connectivity index (χ0v) is 12.3. The lowest BCUT2D eigenvalue weighted by Gasteiger charge is -2.20. The third-order valence-corrected chi connectivity index (χ3v) is 3.55. The van der Waals surface area contributed by atoms with Crippen molar-refractivity contribution in [1.29, 1.82) is 0 Å². The van der Waals surface area contributed by atoms with Crippen molar-refractivity contribution in [1.82, 2.24) is 5.32 Å². The highest BCUT2D eigenvalue weighted by Crippen LogP contribution is 2.30. The molecule has 2 aromatic rings. The van der Waals surface area contributed by atoms with Gasteiger partial charge in [-0.1, -0.05) is 6.07 Å². The van der Waals surface area contributed by atoms with Crippen LogP contribution in [0.1, 0.15) is 34.6 Å². The van der Waals surface area contributed by atoms with Gasteiger partial charge in [-0.25, -0.2) is 0 Å². The van der Waals surface area contributed by atoms with E-state index in [0.29, 0.717) is 17.2 Å². The molecule has 1 atom stereocenters. The molecule has 22 heavy (non-hydrogen) atoms. The van der Waals surface area contributed by atoms with E-state index in [1.165, 1.54) is 6.26 Å². The number of aryl methyl sites for hydroxylation is 1. The Balaban J connectivity index is 1.76. The third-order valence-electron chi connectivity index (χ3n) is 3.55. The summed E-state index contributed by atoms with van der Waals surface area (Å²) in [6.45, 7) is 3.70. The van der Waals surface area contributed by atoms with Gasteiger partial charge in [0.25, 0.3) is 11.8 Å². The number of carbonyl (C=O) groups excluding carboxylic acids is 2. The van der Waals surface area contributed by atoms with Crippen LogP contribution in [0.2, 0.25) is 0 Å². The number of fused-ring (bicyclic) bond motifs is 1. The Kier molecular flexibility index (Phi) is 3.58.